The zero-order valence-corrected chi connectivity index (χ0v) is 5.94. The third kappa shape index (κ3) is 1.02. The van der Waals surface area contributed by atoms with Gasteiger partial charge < -0.3 is 15.0 Å². The summed E-state index contributed by atoms with van der Waals surface area (Å²) in [5, 5.41) is 10.2. The Hall–Kier alpha value is -1.26. The van der Waals surface area contributed by atoms with Gasteiger partial charge in [0.1, 0.15) is 0 Å². The summed E-state index contributed by atoms with van der Waals surface area (Å²) in [6.45, 7) is 0.594. The summed E-state index contributed by atoms with van der Waals surface area (Å²) in [6.07, 6.45) is 1.51. The van der Waals surface area contributed by atoms with E-state index in [1.807, 2.05) is 0 Å². The topological polar surface area (TPSA) is 49.6 Å². The van der Waals surface area contributed by atoms with Crippen LogP contribution in [-0.2, 0) is 0 Å². The molecule has 0 saturated carbocycles. The minimum atomic E-state index is -0.385. The Morgan fingerprint density at radius 1 is 1.70 bits per heavy atom. The van der Waals surface area contributed by atoms with Gasteiger partial charge in [-0.1, -0.05) is 0 Å². The zero-order valence-electron chi connectivity index (χ0n) is 5.94. The van der Waals surface area contributed by atoms with Gasteiger partial charge >= 0.3 is 5.82 Å². The van der Waals surface area contributed by atoms with E-state index in [1.54, 1.807) is 23.9 Å². The molecule has 1 rings (SSSR count). The molecule has 0 aliphatic carbocycles. The van der Waals surface area contributed by atoms with Crippen LogP contribution in [0.3, 0.4) is 0 Å². The van der Waals surface area contributed by atoms with E-state index in [9.17, 15) is 10.1 Å². The molecule has 0 aromatic carbocycles. The molecule has 1 aliphatic rings. The standard InChI is InChI=1S/C5H9N3O2/c1-6-3-5(8(9)10)7(2)4-6/h3H,4H2,1-2H3. The predicted molar refractivity (Wildman–Crippen MR) is 35.5 cm³/mol. The van der Waals surface area contributed by atoms with Crippen LogP contribution in [0.1, 0.15) is 0 Å². The van der Waals surface area contributed by atoms with Crippen LogP contribution in [0.15, 0.2) is 12.0 Å². The number of hydrogen-bond donors (Lipinski definition) is 0. The van der Waals surface area contributed by atoms with E-state index in [1.165, 1.54) is 6.20 Å². The lowest BCUT2D eigenvalue weighted by Crippen LogP contribution is -2.22. The molecule has 10 heavy (non-hydrogen) atoms. The van der Waals surface area contributed by atoms with Crippen molar-refractivity contribution in [2.75, 3.05) is 20.8 Å². The predicted octanol–water partition coefficient (Wildman–Crippen LogP) is -0.103. The SMILES string of the molecule is CN1C=C([N+](=O)[O-])N(C)C1. The molecule has 0 unspecified atom stereocenters. The van der Waals surface area contributed by atoms with Gasteiger partial charge in [-0.25, -0.2) is 4.90 Å². The Morgan fingerprint density at radius 2 is 2.30 bits per heavy atom. The number of rotatable bonds is 1. The average Bonchev–Trinajstić information content (AvgIpc) is 2.10. The molecule has 0 amide bonds. The minimum Gasteiger partial charge on any atom is -0.358 e. The van der Waals surface area contributed by atoms with Gasteiger partial charge in [0, 0.05) is 7.05 Å². The van der Waals surface area contributed by atoms with Gasteiger partial charge in [0.15, 0.2) is 6.67 Å². The van der Waals surface area contributed by atoms with E-state index in [0.717, 1.165) is 0 Å². The van der Waals surface area contributed by atoms with E-state index < -0.39 is 0 Å². The number of hydrogen-bond acceptors (Lipinski definition) is 4. The van der Waals surface area contributed by atoms with Crippen molar-refractivity contribution in [1.29, 1.82) is 0 Å². The molecular weight excluding hydrogens is 134 g/mol. The van der Waals surface area contributed by atoms with Crippen molar-refractivity contribution in [3.05, 3.63) is 22.1 Å². The molecule has 0 fully saturated rings. The molecule has 56 valence electrons. The van der Waals surface area contributed by atoms with Crippen molar-refractivity contribution in [3.8, 4) is 0 Å². The van der Waals surface area contributed by atoms with Gasteiger partial charge in [-0.3, -0.25) is 0 Å². The van der Waals surface area contributed by atoms with E-state index >= 15 is 0 Å². The second kappa shape index (κ2) is 2.17. The van der Waals surface area contributed by atoms with Crippen LogP contribution in [0.25, 0.3) is 0 Å². The fraction of sp³-hybridized carbons (Fsp3) is 0.600. The van der Waals surface area contributed by atoms with Crippen molar-refractivity contribution in [1.82, 2.24) is 9.80 Å². The number of nitrogens with zero attached hydrogens (tertiary/aromatic N) is 3. The molecule has 0 aromatic heterocycles. The first-order valence-electron chi connectivity index (χ1n) is 2.89. The lowest BCUT2D eigenvalue weighted by atomic mass is 10.7. The molecule has 5 nitrogen and oxygen atoms in total. The minimum absolute atomic E-state index is 0.155. The summed E-state index contributed by atoms with van der Waals surface area (Å²) in [5.74, 6) is 0.155. The first-order chi connectivity index (χ1) is 4.61. The van der Waals surface area contributed by atoms with Gasteiger partial charge in [-0.15, -0.1) is 0 Å². The Balaban J connectivity index is 2.75. The van der Waals surface area contributed by atoms with Crippen LogP contribution < -0.4 is 0 Å². The van der Waals surface area contributed by atoms with Gasteiger partial charge in [-0.2, -0.15) is 0 Å². The van der Waals surface area contributed by atoms with E-state index in [-0.39, 0.29) is 10.7 Å². The highest BCUT2D eigenvalue weighted by Gasteiger charge is 2.24. The van der Waals surface area contributed by atoms with Crippen LogP contribution in [0.4, 0.5) is 0 Å². The first kappa shape index (κ1) is 6.85. The van der Waals surface area contributed by atoms with Crippen molar-refractivity contribution in [2.45, 2.75) is 0 Å². The summed E-state index contributed by atoms with van der Waals surface area (Å²) in [4.78, 5) is 13.2. The molecule has 0 N–H and O–H groups in total. The van der Waals surface area contributed by atoms with Crippen LogP contribution in [0, 0.1) is 10.1 Å². The van der Waals surface area contributed by atoms with Crippen LogP contribution >= 0.6 is 0 Å². The zero-order chi connectivity index (χ0) is 7.72. The average molecular weight is 143 g/mol. The largest absolute Gasteiger partial charge is 0.358 e. The lowest BCUT2D eigenvalue weighted by Gasteiger charge is -2.07. The van der Waals surface area contributed by atoms with E-state index in [4.69, 9.17) is 0 Å². The third-order valence-corrected chi connectivity index (χ3v) is 1.35. The summed E-state index contributed by atoms with van der Waals surface area (Å²) < 4.78 is 0. The molecule has 0 radical (unpaired) electrons. The highest BCUT2D eigenvalue weighted by atomic mass is 16.6. The Labute approximate surface area is 58.7 Å². The van der Waals surface area contributed by atoms with Gasteiger partial charge in [-0.05, 0) is 4.92 Å². The molecule has 1 aliphatic heterocycles. The van der Waals surface area contributed by atoms with Crippen molar-refractivity contribution < 1.29 is 4.92 Å². The molecule has 0 saturated heterocycles. The van der Waals surface area contributed by atoms with Crippen molar-refractivity contribution in [3.63, 3.8) is 0 Å². The van der Waals surface area contributed by atoms with Crippen LogP contribution in [0.2, 0.25) is 0 Å². The van der Waals surface area contributed by atoms with Gasteiger partial charge in [0.2, 0.25) is 0 Å². The summed E-state index contributed by atoms with van der Waals surface area (Å²) in [6, 6.07) is 0. The lowest BCUT2D eigenvalue weighted by molar-refractivity contribution is -0.443. The Bertz CT molecular complexity index is 189. The monoisotopic (exact) mass is 143 g/mol. The maximum absolute atomic E-state index is 10.2. The molecule has 5 heteroatoms. The fourth-order valence-electron chi connectivity index (χ4n) is 0.930. The van der Waals surface area contributed by atoms with Gasteiger partial charge in [0.05, 0.1) is 13.2 Å². The summed E-state index contributed by atoms with van der Waals surface area (Å²) in [7, 11) is 3.49. The summed E-state index contributed by atoms with van der Waals surface area (Å²) in [5.41, 5.74) is 0. The van der Waals surface area contributed by atoms with E-state index in [0.29, 0.717) is 6.67 Å². The second-order valence-corrected chi connectivity index (χ2v) is 2.34. The highest BCUT2D eigenvalue weighted by molar-refractivity contribution is 4.95. The normalized spacial score (nSPS) is 17.6. The Morgan fingerprint density at radius 3 is 2.50 bits per heavy atom. The fourth-order valence-corrected chi connectivity index (χ4v) is 0.930. The molecule has 0 atom stereocenters. The quantitative estimate of drug-likeness (QED) is 0.380. The smallest absolute Gasteiger partial charge is 0.335 e. The molecule has 0 spiro atoms. The molecule has 0 bridgehead atoms. The summed E-state index contributed by atoms with van der Waals surface area (Å²) >= 11 is 0. The highest BCUT2D eigenvalue weighted by Crippen LogP contribution is 2.10. The van der Waals surface area contributed by atoms with Crippen molar-refractivity contribution >= 4 is 0 Å². The maximum atomic E-state index is 10.2. The second-order valence-electron chi connectivity index (χ2n) is 2.34. The third-order valence-electron chi connectivity index (χ3n) is 1.35. The molecule has 1 heterocycles. The molecule has 0 aromatic rings. The van der Waals surface area contributed by atoms with Crippen LogP contribution in [-0.4, -0.2) is 35.5 Å². The van der Waals surface area contributed by atoms with Crippen LogP contribution in [0.5, 0.6) is 0 Å². The maximum Gasteiger partial charge on any atom is 0.335 e. The first-order valence-corrected chi connectivity index (χ1v) is 2.89. The Kier molecular flexibility index (Phi) is 1.48. The van der Waals surface area contributed by atoms with Crippen molar-refractivity contribution in [2.24, 2.45) is 0 Å². The molecular formula is C5H9N3O2. The number of nitro groups is 1. The van der Waals surface area contributed by atoms with Gasteiger partial charge in [0.25, 0.3) is 0 Å². The van der Waals surface area contributed by atoms with E-state index in [2.05, 4.69) is 0 Å².